The van der Waals surface area contributed by atoms with Gasteiger partial charge in [-0.25, -0.2) is 0 Å². The second kappa shape index (κ2) is 6.37. The van der Waals surface area contributed by atoms with Crippen LogP contribution in [0, 0.1) is 16.7 Å². The van der Waals surface area contributed by atoms with Crippen LogP contribution >= 0.6 is 0 Å². The van der Waals surface area contributed by atoms with Crippen LogP contribution in [0.4, 0.5) is 0 Å². The second-order valence-electron chi connectivity index (χ2n) is 9.54. The molecule has 2 saturated carbocycles. The standard InChI is InChI=1S/C22H33NO2/c1-21(2)18-8-10-22(3,12-18)20(21)25-15-19(24)14-23-11-9-16-6-4-5-7-17(16)13-23/h4-7,18-20,24H,8-15H2,1-3H3/t18-,19-,20-,22+/m0/s1. The molecule has 2 aliphatic carbocycles. The summed E-state index contributed by atoms with van der Waals surface area (Å²) in [5, 5.41) is 10.6. The quantitative estimate of drug-likeness (QED) is 0.886. The van der Waals surface area contributed by atoms with Crippen molar-refractivity contribution in [1.29, 1.82) is 0 Å². The maximum absolute atomic E-state index is 10.6. The highest BCUT2D eigenvalue weighted by molar-refractivity contribution is 5.29. The van der Waals surface area contributed by atoms with E-state index in [1.54, 1.807) is 0 Å². The number of hydrogen-bond acceptors (Lipinski definition) is 3. The Kier molecular flexibility index (Phi) is 4.46. The molecule has 1 aromatic carbocycles. The first-order chi connectivity index (χ1) is 11.9. The molecule has 0 saturated heterocycles. The van der Waals surface area contributed by atoms with Gasteiger partial charge >= 0.3 is 0 Å². The van der Waals surface area contributed by atoms with E-state index >= 15 is 0 Å². The normalized spacial score (nSPS) is 34.9. The summed E-state index contributed by atoms with van der Waals surface area (Å²) in [5.41, 5.74) is 3.43. The molecule has 2 bridgehead atoms. The molecule has 2 fully saturated rings. The molecule has 1 aliphatic heterocycles. The van der Waals surface area contributed by atoms with Crippen molar-refractivity contribution in [2.75, 3.05) is 19.7 Å². The van der Waals surface area contributed by atoms with Crippen molar-refractivity contribution in [3.8, 4) is 0 Å². The zero-order chi connectivity index (χ0) is 17.7. The van der Waals surface area contributed by atoms with Gasteiger partial charge in [-0.1, -0.05) is 45.0 Å². The number of hydrogen-bond donors (Lipinski definition) is 1. The van der Waals surface area contributed by atoms with Gasteiger partial charge in [0.05, 0.1) is 18.8 Å². The van der Waals surface area contributed by atoms with E-state index in [1.807, 2.05) is 0 Å². The number of aliphatic hydroxyl groups is 1. The summed E-state index contributed by atoms with van der Waals surface area (Å²) in [6.45, 7) is 10.3. The third kappa shape index (κ3) is 3.15. The molecule has 1 aromatic rings. The Morgan fingerprint density at radius 2 is 2.00 bits per heavy atom. The minimum absolute atomic E-state index is 0.247. The van der Waals surface area contributed by atoms with E-state index < -0.39 is 6.10 Å². The molecule has 4 atom stereocenters. The number of aliphatic hydroxyl groups excluding tert-OH is 1. The van der Waals surface area contributed by atoms with Crippen molar-refractivity contribution in [3.05, 3.63) is 35.4 Å². The Labute approximate surface area is 152 Å². The summed E-state index contributed by atoms with van der Waals surface area (Å²) in [5.74, 6) is 0.790. The highest BCUT2D eigenvalue weighted by Gasteiger charge is 2.60. The number of benzene rings is 1. The van der Waals surface area contributed by atoms with Gasteiger partial charge in [-0.3, -0.25) is 4.90 Å². The van der Waals surface area contributed by atoms with Gasteiger partial charge in [0.1, 0.15) is 0 Å². The van der Waals surface area contributed by atoms with Gasteiger partial charge in [0.25, 0.3) is 0 Å². The lowest BCUT2D eigenvalue weighted by atomic mass is 9.70. The number of rotatable bonds is 5. The van der Waals surface area contributed by atoms with E-state index in [2.05, 4.69) is 49.9 Å². The van der Waals surface area contributed by atoms with Crippen LogP contribution in [0.2, 0.25) is 0 Å². The molecule has 25 heavy (non-hydrogen) atoms. The fourth-order valence-corrected chi connectivity index (χ4v) is 5.94. The Balaban J connectivity index is 1.31. The average Bonchev–Trinajstić information content (AvgIpc) is 3.05. The van der Waals surface area contributed by atoms with Crippen LogP contribution < -0.4 is 0 Å². The second-order valence-corrected chi connectivity index (χ2v) is 9.54. The van der Waals surface area contributed by atoms with Gasteiger partial charge in [-0.2, -0.15) is 0 Å². The fraction of sp³-hybridized carbons (Fsp3) is 0.727. The molecule has 3 heteroatoms. The maximum Gasteiger partial charge on any atom is 0.0900 e. The minimum Gasteiger partial charge on any atom is -0.389 e. The van der Waals surface area contributed by atoms with Crippen molar-refractivity contribution >= 4 is 0 Å². The van der Waals surface area contributed by atoms with Crippen LogP contribution in [0.5, 0.6) is 0 Å². The topological polar surface area (TPSA) is 32.7 Å². The third-order valence-electron chi connectivity index (χ3n) is 7.27. The van der Waals surface area contributed by atoms with Crippen LogP contribution in [0.1, 0.15) is 51.2 Å². The molecule has 4 rings (SSSR count). The van der Waals surface area contributed by atoms with E-state index in [4.69, 9.17) is 4.74 Å². The molecule has 0 unspecified atom stereocenters. The zero-order valence-corrected chi connectivity index (χ0v) is 16.0. The van der Waals surface area contributed by atoms with Gasteiger partial charge in [-0.15, -0.1) is 0 Å². The Bertz CT molecular complexity index is 623. The Hall–Kier alpha value is -0.900. The summed E-state index contributed by atoms with van der Waals surface area (Å²) >= 11 is 0. The first kappa shape index (κ1) is 17.5. The first-order valence-electron chi connectivity index (χ1n) is 9.97. The molecule has 0 spiro atoms. The van der Waals surface area contributed by atoms with Gasteiger partial charge < -0.3 is 9.84 Å². The Morgan fingerprint density at radius 3 is 2.72 bits per heavy atom. The molecule has 1 heterocycles. The zero-order valence-electron chi connectivity index (χ0n) is 16.0. The van der Waals surface area contributed by atoms with Gasteiger partial charge in [-0.05, 0) is 53.6 Å². The van der Waals surface area contributed by atoms with Gasteiger partial charge in [0.15, 0.2) is 0 Å². The monoisotopic (exact) mass is 343 g/mol. The molecule has 3 aliphatic rings. The first-order valence-corrected chi connectivity index (χ1v) is 9.97. The molecule has 0 amide bonds. The SMILES string of the molecule is CC1(C)[C@H]2CC[C@](C)(C2)[C@H]1OC[C@@H](O)CN1CCc2ccccc2C1. The van der Waals surface area contributed by atoms with Crippen molar-refractivity contribution < 1.29 is 9.84 Å². The van der Waals surface area contributed by atoms with E-state index in [-0.39, 0.29) is 11.5 Å². The number of β-amino-alcohol motifs (C(OH)–C–C–N with tert-alkyl or cyclic N) is 1. The largest absolute Gasteiger partial charge is 0.389 e. The molecular formula is C22H33NO2. The maximum atomic E-state index is 10.6. The van der Waals surface area contributed by atoms with Crippen LogP contribution in [-0.4, -0.2) is 41.9 Å². The minimum atomic E-state index is -0.399. The van der Waals surface area contributed by atoms with Crippen molar-refractivity contribution in [1.82, 2.24) is 4.90 Å². The molecule has 3 nitrogen and oxygen atoms in total. The lowest BCUT2D eigenvalue weighted by Gasteiger charge is -2.42. The van der Waals surface area contributed by atoms with E-state index in [9.17, 15) is 5.11 Å². The van der Waals surface area contributed by atoms with E-state index in [0.29, 0.717) is 18.6 Å². The van der Waals surface area contributed by atoms with Crippen LogP contribution in [0.3, 0.4) is 0 Å². The summed E-state index contributed by atoms with van der Waals surface area (Å²) in [6.07, 6.45) is 4.89. The van der Waals surface area contributed by atoms with Crippen molar-refractivity contribution in [3.63, 3.8) is 0 Å². The number of fused-ring (bicyclic) bond motifs is 3. The number of ether oxygens (including phenoxy) is 1. The van der Waals surface area contributed by atoms with E-state index in [1.165, 1.54) is 30.4 Å². The molecule has 0 radical (unpaired) electrons. The van der Waals surface area contributed by atoms with Crippen LogP contribution in [0.25, 0.3) is 0 Å². The van der Waals surface area contributed by atoms with E-state index in [0.717, 1.165) is 25.4 Å². The van der Waals surface area contributed by atoms with Crippen molar-refractivity contribution in [2.24, 2.45) is 16.7 Å². The lowest BCUT2D eigenvalue weighted by molar-refractivity contribution is -0.113. The fourth-order valence-electron chi connectivity index (χ4n) is 5.94. The van der Waals surface area contributed by atoms with Gasteiger partial charge in [0.2, 0.25) is 0 Å². The van der Waals surface area contributed by atoms with Crippen LogP contribution in [0.15, 0.2) is 24.3 Å². The molecule has 1 N–H and O–H groups in total. The number of nitrogens with zero attached hydrogens (tertiary/aromatic N) is 1. The third-order valence-corrected chi connectivity index (χ3v) is 7.27. The van der Waals surface area contributed by atoms with Crippen LogP contribution in [-0.2, 0) is 17.7 Å². The Morgan fingerprint density at radius 1 is 1.24 bits per heavy atom. The average molecular weight is 344 g/mol. The molecule has 138 valence electrons. The predicted octanol–water partition coefficient (Wildman–Crippen LogP) is 3.64. The highest BCUT2D eigenvalue weighted by atomic mass is 16.5. The molecule has 0 aromatic heterocycles. The van der Waals surface area contributed by atoms with Crippen molar-refractivity contribution in [2.45, 2.75) is 65.2 Å². The summed E-state index contributed by atoms with van der Waals surface area (Å²) in [7, 11) is 0. The molecular weight excluding hydrogens is 310 g/mol. The lowest BCUT2D eigenvalue weighted by Crippen LogP contribution is -2.45. The smallest absolute Gasteiger partial charge is 0.0900 e. The highest BCUT2D eigenvalue weighted by Crippen LogP contribution is 2.63. The summed E-state index contributed by atoms with van der Waals surface area (Å²) in [4.78, 5) is 2.37. The summed E-state index contributed by atoms with van der Waals surface area (Å²) in [6, 6.07) is 8.67. The van der Waals surface area contributed by atoms with Gasteiger partial charge in [0, 0.05) is 19.6 Å². The summed E-state index contributed by atoms with van der Waals surface area (Å²) < 4.78 is 6.35. The predicted molar refractivity (Wildman–Crippen MR) is 100 cm³/mol.